The molecule has 0 aromatic heterocycles. The second kappa shape index (κ2) is 4.52. The third-order valence-corrected chi connectivity index (χ3v) is 3.21. The van der Waals surface area contributed by atoms with Gasteiger partial charge in [0.25, 0.3) is 0 Å². The van der Waals surface area contributed by atoms with Gasteiger partial charge in [0.15, 0.2) is 0 Å². The van der Waals surface area contributed by atoms with Crippen molar-refractivity contribution in [2.24, 2.45) is 0 Å². The van der Waals surface area contributed by atoms with Crippen LogP contribution >= 0.6 is 0 Å². The quantitative estimate of drug-likeness (QED) is 0.801. The first-order valence-corrected chi connectivity index (χ1v) is 5.77. The highest BCUT2D eigenvalue weighted by Gasteiger charge is 2.29. The Kier molecular flexibility index (Phi) is 3.26. The number of β-amino-alcohol motifs (C(OH)–C–C–N with tert-alkyl or cyclic N) is 1. The highest BCUT2D eigenvalue weighted by molar-refractivity contribution is 5.25. The Labute approximate surface area is 95.5 Å². The number of hydrogen-bond acceptors (Lipinski definition) is 2. The Morgan fingerprint density at radius 1 is 1.50 bits per heavy atom. The van der Waals surface area contributed by atoms with Crippen molar-refractivity contribution in [3.63, 3.8) is 0 Å². The van der Waals surface area contributed by atoms with Gasteiger partial charge in [-0.25, -0.2) is 4.39 Å². The summed E-state index contributed by atoms with van der Waals surface area (Å²) in [6.07, 6.45) is 2.41. The molecular weight excluding hydrogens is 205 g/mol. The van der Waals surface area contributed by atoms with Gasteiger partial charge in [-0.1, -0.05) is 12.1 Å². The fourth-order valence-corrected chi connectivity index (χ4v) is 2.30. The molecule has 2 N–H and O–H groups in total. The van der Waals surface area contributed by atoms with Crippen molar-refractivity contribution in [1.82, 2.24) is 5.32 Å². The molecular formula is C13H18FNO. The molecule has 1 unspecified atom stereocenters. The van der Waals surface area contributed by atoms with Gasteiger partial charge in [0.05, 0.1) is 5.60 Å². The van der Waals surface area contributed by atoms with Crippen molar-refractivity contribution in [2.75, 3.05) is 13.1 Å². The largest absolute Gasteiger partial charge is 0.388 e. The van der Waals surface area contributed by atoms with Crippen LogP contribution in [-0.2, 0) is 6.42 Å². The lowest BCUT2D eigenvalue weighted by molar-refractivity contribution is 0.0169. The molecule has 2 rings (SSSR count). The van der Waals surface area contributed by atoms with Crippen LogP contribution in [0.5, 0.6) is 0 Å². The summed E-state index contributed by atoms with van der Waals surface area (Å²) in [5, 5.41) is 13.5. The van der Waals surface area contributed by atoms with Gasteiger partial charge < -0.3 is 10.4 Å². The van der Waals surface area contributed by atoms with Crippen molar-refractivity contribution in [2.45, 2.75) is 31.8 Å². The van der Waals surface area contributed by atoms with Crippen molar-refractivity contribution in [3.8, 4) is 0 Å². The number of aliphatic hydroxyl groups is 1. The molecule has 88 valence electrons. The first-order chi connectivity index (χ1) is 7.59. The van der Waals surface area contributed by atoms with Gasteiger partial charge in [-0.2, -0.15) is 0 Å². The van der Waals surface area contributed by atoms with Crippen LogP contribution in [0.3, 0.4) is 0 Å². The van der Waals surface area contributed by atoms with Crippen LogP contribution in [0, 0.1) is 12.7 Å². The van der Waals surface area contributed by atoms with Crippen molar-refractivity contribution >= 4 is 0 Å². The standard InChI is InChI=1S/C13H18FNO/c1-10-7-11(3-4-12(10)14)8-13(16)5-2-6-15-9-13/h3-4,7,15-16H,2,5-6,8-9H2,1H3. The topological polar surface area (TPSA) is 32.3 Å². The lowest BCUT2D eigenvalue weighted by atomic mass is 9.87. The molecule has 0 radical (unpaired) electrons. The van der Waals surface area contributed by atoms with E-state index in [0.29, 0.717) is 18.5 Å². The molecule has 2 nitrogen and oxygen atoms in total. The van der Waals surface area contributed by atoms with E-state index >= 15 is 0 Å². The Balaban J connectivity index is 2.10. The molecule has 1 atom stereocenters. The Morgan fingerprint density at radius 3 is 2.94 bits per heavy atom. The van der Waals surface area contributed by atoms with Crippen molar-refractivity contribution in [3.05, 3.63) is 35.1 Å². The van der Waals surface area contributed by atoms with Gasteiger partial charge >= 0.3 is 0 Å². The highest BCUT2D eigenvalue weighted by Crippen LogP contribution is 2.22. The molecule has 1 aromatic carbocycles. The monoisotopic (exact) mass is 223 g/mol. The highest BCUT2D eigenvalue weighted by atomic mass is 19.1. The average Bonchev–Trinajstić information content (AvgIpc) is 2.24. The van der Waals surface area contributed by atoms with Crippen LogP contribution < -0.4 is 5.32 Å². The molecule has 1 saturated heterocycles. The molecule has 0 aliphatic carbocycles. The lowest BCUT2D eigenvalue weighted by Gasteiger charge is -2.32. The predicted octanol–water partition coefficient (Wildman–Crippen LogP) is 1.79. The zero-order chi connectivity index (χ0) is 11.6. The van der Waals surface area contributed by atoms with E-state index in [2.05, 4.69) is 5.32 Å². The SMILES string of the molecule is Cc1cc(CC2(O)CCCNC2)ccc1F. The maximum atomic E-state index is 13.1. The molecule has 0 spiro atoms. The minimum atomic E-state index is -0.664. The maximum Gasteiger partial charge on any atom is 0.126 e. The summed E-state index contributed by atoms with van der Waals surface area (Å²) in [6, 6.07) is 5.06. The fourth-order valence-electron chi connectivity index (χ4n) is 2.30. The molecule has 1 aliphatic heterocycles. The molecule has 0 amide bonds. The Morgan fingerprint density at radius 2 is 2.31 bits per heavy atom. The summed E-state index contributed by atoms with van der Waals surface area (Å²) < 4.78 is 13.1. The summed E-state index contributed by atoms with van der Waals surface area (Å²) in [6.45, 7) is 3.36. The third kappa shape index (κ3) is 2.60. The van der Waals surface area contributed by atoms with Crippen LogP contribution in [0.2, 0.25) is 0 Å². The minimum Gasteiger partial charge on any atom is -0.388 e. The first kappa shape index (κ1) is 11.6. The van der Waals surface area contributed by atoms with Gasteiger partial charge in [0.1, 0.15) is 5.82 Å². The van der Waals surface area contributed by atoms with Gasteiger partial charge in [0.2, 0.25) is 0 Å². The predicted molar refractivity (Wildman–Crippen MR) is 61.9 cm³/mol. The summed E-state index contributed by atoms with van der Waals surface area (Å²) in [5.74, 6) is -0.183. The summed E-state index contributed by atoms with van der Waals surface area (Å²) in [5.41, 5.74) is 0.984. The zero-order valence-electron chi connectivity index (χ0n) is 9.59. The third-order valence-electron chi connectivity index (χ3n) is 3.21. The maximum absolute atomic E-state index is 13.1. The van der Waals surface area contributed by atoms with Crippen molar-refractivity contribution in [1.29, 1.82) is 0 Å². The smallest absolute Gasteiger partial charge is 0.126 e. The van der Waals surface area contributed by atoms with Gasteiger partial charge in [-0.05, 0) is 43.5 Å². The normalized spacial score (nSPS) is 25.7. The molecule has 1 fully saturated rings. The number of aryl methyl sites for hydroxylation is 1. The van der Waals surface area contributed by atoms with Crippen LogP contribution in [-0.4, -0.2) is 23.8 Å². The van der Waals surface area contributed by atoms with E-state index in [0.717, 1.165) is 24.9 Å². The van der Waals surface area contributed by atoms with E-state index < -0.39 is 5.60 Å². The van der Waals surface area contributed by atoms with Crippen molar-refractivity contribution < 1.29 is 9.50 Å². The molecule has 1 heterocycles. The summed E-state index contributed by atoms with van der Waals surface area (Å²) in [7, 11) is 0. The molecule has 0 saturated carbocycles. The van der Waals surface area contributed by atoms with Crippen LogP contribution in [0.1, 0.15) is 24.0 Å². The molecule has 16 heavy (non-hydrogen) atoms. The van der Waals surface area contributed by atoms with Crippen LogP contribution in [0.15, 0.2) is 18.2 Å². The lowest BCUT2D eigenvalue weighted by Crippen LogP contribution is -2.47. The first-order valence-electron chi connectivity index (χ1n) is 5.77. The number of benzene rings is 1. The number of piperidine rings is 1. The van der Waals surface area contributed by atoms with E-state index in [1.165, 1.54) is 6.07 Å². The van der Waals surface area contributed by atoms with Crippen LogP contribution in [0.4, 0.5) is 4.39 Å². The van der Waals surface area contributed by atoms with Gasteiger partial charge in [-0.3, -0.25) is 0 Å². The van der Waals surface area contributed by atoms with Gasteiger partial charge in [-0.15, -0.1) is 0 Å². The van der Waals surface area contributed by atoms with E-state index in [1.807, 2.05) is 6.07 Å². The zero-order valence-corrected chi connectivity index (χ0v) is 9.59. The molecule has 1 aliphatic rings. The number of hydrogen-bond donors (Lipinski definition) is 2. The second-order valence-corrected chi connectivity index (χ2v) is 4.76. The van der Waals surface area contributed by atoms with E-state index in [9.17, 15) is 9.50 Å². The van der Waals surface area contributed by atoms with E-state index in [4.69, 9.17) is 0 Å². The summed E-state index contributed by atoms with van der Waals surface area (Å²) in [4.78, 5) is 0. The van der Waals surface area contributed by atoms with E-state index in [-0.39, 0.29) is 5.82 Å². The molecule has 3 heteroatoms. The fraction of sp³-hybridized carbons (Fsp3) is 0.538. The number of nitrogens with one attached hydrogen (secondary N) is 1. The summed E-state index contributed by atoms with van der Waals surface area (Å²) >= 11 is 0. The number of rotatable bonds is 2. The number of halogens is 1. The Bertz CT molecular complexity index is 372. The average molecular weight is 223 g/mol. The second-order valence-electron chi connectivity index (χ2n) is 4.76. The molecule has 1 aromatic rings. The molecule has 0 bridgehead atoms. The Hall–Kier alpha value is -0.930. The van der Waals surface area contributed by atoms with Gasteiger partial charge in [0, 0.05) is 13.0 Å². The van der Waals surface area contributed by atoms with E-state index in [1.54, 1.807) is 13.0 Å². The van der Waals surface area contributed by atoms with Crippen LogP contribution in [0.25, 0.3) is 0 Å². The minimum absolute atomic E-state index is 0.183.